The number of pyridine rings is 1. The maximum absolute atomic E-state index is 6.17. The Bertz CT molecular complexity index is 1550. The summed E-state index contributed by atoms with van der Waals surface area (Å²) >= 11 is 0. The van der Waals surface area contributed by atoms with Gasteiger partial charge in [-0.05, 0) is 73.7 Å². The van der Waals surface area contributed by atoms with E-state index in [1.54, 1.807) is 0 Å². The number of aliphatic imine (C=N–C) groups is 2. The summed E-state index contributed by atoms with van der Waals surface area (Å²) < 4.78 is 6.17. The molecule has 6 rings (SSSR count). The van der Waals surface area contributed by atoms with E-state index in [4.69, 9.17) is 14.4 Å². The van der Waals surface area contributed by atoms with E-state index in [0.717, 1.165) is 64.0 Å². The molecule has 0 saturated heterocycles. The maximum atomic E-state index is 6.17. The molecule has 4 heterocycles. The third kappa shape index (κ3) is 3.33. The molecule has 168 valence electrons. The first-order valence-corrected chi connectivity index (χ1v) is 11.9. The second-order valence-corrected chi connectivity index (χ2v) is 9.40. The largest absolute Gasteiger partial charge is 0.438 e. The van der Waals surface area contributed by atoms with Crippen molar-refractivity contribution in [3.8, 4) is 0 Å². The summed E-state index contributed by atoms with van der Waals surface area (Å²) in [7, 11) is 0. The minimum absolute atomic E-state index is 0.107. The monoisotopic (exact) mass is 445 g/mol. The zero-order chi connectivity index (χ0) is 23.4. The van der Waals surface area contributed by atoms with Crippen molar-refractivity contribution in [3.63, 3.8) is 0 Å². The molecule has 0 N–H and O–H groups in total. The molecule has 2 atom stereocenters. The Balaban J connectivity index is 1.51. The predicted molar refractivity (Wildman–Crippen MR) is 140 cm³/mol. The van der Waals surface area contributed by atoms with Gasteiger partial charge in [0, 0.05) is 45.8 Å². The van der Waals surface area contributed by atoms with E-state index in [0.29, 0.717) is 11.6 Å². The lowest BCUT2D eigenvalue weighted by Crippen LogP contribution is -2.27. The molecular formula is C30H27N3O. The third-order valence-corrected chi connectivity index (χ3v) is 7.19. The van der Waals surface area contributed by atoms with Gasteiger partial charge in [-0.1, -0.05) is 37.4 Å². The minimum atomic E-state index is 0.107. The molecule has 0 aliphatic carbocycles. The number of rotatable bonds is 1. The summed E-state index contributed by atoms with van der Waals surface area (Å²) in [6.07, 6.45) is 4.52. The molecule has 34 heavy (non-hydrogen) atoms. The van der Waals surface area contributed by atoms with Gasteiger partial charge in [-0.25, -0.2) is 4.98 Å². The predicted octanol–water partition coefficient (Wildman–Crippen LogP) is 7.09. The van der Waals surface area contributed by atoms with Gasteiger partial charge in [-0.3, -0.25) is 9.98 Å². The number of benzene rings is 2. The minimum Gasteiger partial charge on any atom is -0.438 e. The maximum Gasteiger partial charge on any atom is 0.227 e. The van der Waals surface area contributed by atoms with Crippen LogP contribution in [0.15, 0.2) is 87.9 Å². The Morgan fingerprint density at radius 3 is 2.74 bits per heavy atom. The summed E-state index contributed by atoms with van der Waals surface area (Å²) in [5.41, 5.74) is 10.3. The molecule has 4 nitrogen and oxygen atoms in total. The van der Waals surface area contributed by atoms with Crippen LogP contribution in [0.2, 0.25) is 0 Å². The molecular weight excluding hydrogens is 418 g/mol. The van der Waals surface area contributed by atoms with Gasteiger partial charge in [0.2, 0.25) is 5.71 Å². The molecule has 2 aliphatic rings. The standard InChI is InChI=1S/C30H27N3O/c1-5-27-22-9-7-6-8-21(22)23-13-11-20-15-29-26(24-12-10-17(2)32-30(24)34-29)16-25(20)19(4)31-18(3)14-28(23)33-27/h5-10,12,15-16,23,28H,1,3,11,13-14H2,2,4H3. The van der Waals surface area contributed by atoms with Crippen LogP contribution in [0.5, 0.6) is 0 Å². The highest BCUT2D eigenvalue weighted by molar-refractivity contribution is 6.11. The normalized spacial score (nSPS) is 20.2. The van der Waals surface area contributed by atoms with Crippen LogP contribution in [0.1, 0.15) is 53.6 Å². The van der Waals surface area contributed by atoms with Crippen molar-refractivity contribution in [2.24, 2.45) is 9.98 Å². The van der Waals surface area contributed by atoms with E-state index in [1.165, 1.54) is 16.7 Å². The molecule has 4 aromatic rings. The zero-order valence-corrected chi connectivity index (χ0v) is 19.6. The van der Waals surface area contributed by atoms with Crippen LogP contribution in [0.4, 0.5) is 0 Å². The number of hydrogen-bond donors (Lipinski definition) is 0. The summed E-state index contributed by atoms with van der Waals surface area (Å²) in [5.74, 6) is 0.300. The average molecular weight is 446 g/mol. The van der Waals surface area contributed by atoms with E-state index in [9.17, 15) is 0 Å². The van der Waals surface area contributed by atoms with Crippen LogP contribution in [0.3, 0.4) is 0 Å². The van der Waals surface area contributed by atoms with E-state index in [2.05, 4.69) is 67.5 Å². The molecule has 0 fully saturated rings. The molecule has 2 unspecified atom stereocenters. The van der Waals surface area contributed by atoms with Crippen molar-refractivity contribution < 1.29 is 4.42 Å². The van der Waals surface area contributed by atoms with Crippen LogP contribution in [0.25, 0.3) is 22.1 Å². The van der Waals surface area contributed by atoms with Gasteiger partial charge < -0.3 is 4.42 Å². The van der Waals surface area contributed by atoms with E-state index < -0.39 is 0 Å². The second-order valence-electron chi connectivity index (χ2n) is 9.40. The quantitative estimate of drug-likeness (QED) is 0.314. The number of allylic oxidation sites excluding steroid dienone is 1. The lowest BCUT2D eigenvalue weighted by molar-refractivity contribution is 0.490. The SMILES string of the molecule is C=CC1=NC2CC(=C)N=C(C)c3cc4c(cc3CCC2c2ccccc21)oc1nc(C)ccc14. The Labute approximate surface area is 199 Å². The van der Waals surface area contributed by atoms with Gasteiger partial charge in [0.05, 0.1) is 11.8 Å². The summed E-state index contributed by atoms with van der Waals surface area (Å²) in [4.78, 5) is 14.6. The van der Waals surface area contributed by atoms with Crippen molar-refractivity contribution >= 4 is 33.5 Å². The number of hydrogen-bond acceptors (Lipinski definition) is 4. The molecule has 0 bridgehead atoms. The zero-order valence-electron chi connectivity index (χ0n) is 19.6. The van der Waals surface area contributed by atoms with E-state index in [-0.39, 0.29) is 6.04 Å². The van der Waals surface area contributed by atoms with Crippen LogP contribution in [-0.4, -0.2) is 22.4 Å². The Morgan fingerprint density at radius 1 is 1.03 bits per heavy atom. The van der Waals surface area contributed by atoms with E-state index >= 15 is 0 Å². The molecule has 0 spiro atoms. The first kappa shape index (κ1) is 20.8. The smallest absolute Gasteiger partial charge is 0.227 e. The summed E-state index contributed by atoms with van der Waals surface area (Å²) in [6.45, 7) is 12.4. The van der Waals surface area contributed by atoms with E-state index in [1.807, 2.05) is 19.1 Å². The Morgan fingerprint density at radius 2 is 1.88 bits per heavy atom. The van der Waals surface area contributed by atoms with Crippen molar-refractivity contribution in [2.45, 2.75) is 45.1 Å². The highest BCUT2D eigenvalue weighted by Gasteiger charge is 2.31. The third-order valence-electron chi connectivity index (χ3n) is 7.19. The van der Waals surface area contributed by atoms with Gasteiger partial charge in [-0.15, -0.1) is 0 Å². The number of furan rings is 1. The van der Waals surface area contributed by atoms with Crippen LogP contribution in [0, 0.1) is 6.92 Å². The molecule has 0 saturated carbocycles. The van der Waals surface area contributed by atoms with Gasteiger partial charge in [0.1, 0.15) is 5.58 Å². The van der Waals surface area contributed by atoms with Crippen molar-refractivity contribution in [1.82, 2.24) is 4.98 Å². The number of aryl methyl sites for hydroxylation is 2. The average Bonchev–Trinajstić information content (AvgIpc) is 3.18. The van der Waals surface area contributed by atoms with Gasteiger partial charge in [-0.2, -0.15) is 0 Å². The lowest BCUT2D eigenvalue weighted by atomic mass is 9.78. The van der Waals surface area contributed by atoms with Gasteiger partial charge >= 0.3 is 0 Å². The van der Waals surface area contributed by atoms with Crippen molar-refractivity contribution in [2.75, 3.05) is 0 Å². The Kier molecular flexibility index (Phi) is 4.84. The van der Waals surface area contributed by atoms with Crippen LogP contribution >= 0.6 is 0 Å². The molecule has 0 amide bonds. The van der Waals surface area contributed by atoms with Crippen LogP contribution in [-0.2, 0) is 6.42 Å². The number of nitrogens with zero attached hydrogens (tertiary/aromatic N) is 3. The molecule has 2 aliphatic heterocycles. The molecule has 0 radical (unpaired) electrons. The van der Waals surface area contributed by atoms with Crippen molar-refractivity contribution in [3.05, 3.63) is 101 Å². The molecule has 2 aromatic carbocycles. The lowest BCUT2D eigenvalue weighted by Gasteiger charge is -2.32. The highest BCUT2D eigenvalue weighted by Crippen LogP contribution is 2.39. The highest BCUT2D eigenvalue weighted by atomic mass is 16.3. The van der Waals surface area contributed by atoms with Gasteiger partial charge in [0.25, 0.3) is 0 Å². The fourth-order valence-corrected chi connectivity index (χ4v) is 5.57. The first-order valence-electron chi connectivity index (χ1n) is 11.9. The Hall–Kier alpha value is -3.79. The van der Waals surface area contributed by atoms with Crippen LogP contribution < -0.4 is 0 Å². The fraction of sp³-hybridized carbons (Fsp3) is 0.233. The molecule has 2 aromatic heterocycles. The summed E-state index contributed by atoms with van der Waals surface area (Å²) in [6, 6.07) is 17.2. The number of fused-ring (bicyclic) bond motifs is 7. The van der Waals surface area contributed by atoms with Crippen molar-refractivity contribution in [1.29, 1.82) is 0 Å². The molecule has 4 heteroatoms. The number of aromatic nitrogens is 1. The summed E-state index contributed by atoms with van der Waals surface area (Å²) in [5, 5.41) is 2.12. The fourth-order valence-electron chi connectivity index (χ4n) is 5.57. The van der Waals surface area contributed by atoms with Gasteiger partial charge in [0.15, 0.2) is 0 Å². The second kappa shape index (κ2) is 7.91. The topological polar surface area (TPSA) is 50.8 Å². The first-order chi connectivity index (χ1) is 16.5.